The van der Waals surface area contributed by atoms with E-state index >= 15 is 0 Å². The van der Waals surface area contributed by atoms with Crippen molar-refractivity contribution in [2.45, 2.75) is 12.3 Å². The van der Waals surface area contributed by atoms with Gasteiger partial charge in [-0.2, -0.15) is 0 Å². The van der Waals surface area contributed by atoms with Gasteiger partial charge in [0, 0.05) is 24.4 Å². The second-order valence-corrected chi connectivity index (χ2v) is 5.89. The van der Waals surface area contributed by atoms with Gasteiger partial charge in [-0.1, -0.05) is 12.1 Å². The molecule has 0 bridgehead atoms. The Bertz CT molecular complexity index is 907. The van der Waals surface area contributed by atoms with Gasteiger partial charge in [0.25, 0.3) is 5.91 Å². The smallest absolute Gasteiger partial charge is 0.271 e. The molecule has 7 heteroatoms. The molecule has 1 amide bonds. The Morgan fingerprint density at radius 1 is 1.28 bits per heavy atom. The van der Waals surface area contributed by atoms with E-state index in [0.717, 1.165) is 17.0 Å². The second-order valence-electron chi connectivity index (χ2n) is 5.89. The summed E-state index contributed by atoms with van der Waals surface area (Å²) < 4.78 is 5.31. The molecule has 1 aliphatic heterocycles. The van der Waals surface area contributed by atoms with Gasteiger partial charge < -0.3 is 15.0 Å². The summed E-state index contributed by atoms with van der Waals surface area (Å²) in [5, 5.41) is 2.96. The van der Waals surface area contributed by atoms with Gasteiger partial charge in [-0.05, 0) is 30.2 Å². The summed E-state index contributed by atoms with van der Waals surface area (Å²) in [7, 11) is 1.65. The summed E-state index contributed by atoms with van der Waals surface area (Å²) in [5.74, 6) is 1.35. The quantitative estimate of drug-likeness (QED) is 0.763. The van der Waals surface area contributed by atoms with Crippen molar-refractivity contribution >= 4 is 5.91 Å². The van der Waals surface area contributed by atoms with Crippen molar-refractivity contribution in [3.05, 3.63) is 59.8 Å². The lowest BCUT2D eigenvalue weighted by Gasteiger charge is -2.15. The zero-order valence-corrected chi connectivity index (χ0v) is 13.7. The zero-order valence-electron chi connectivity index (χ0n) is 13.7. The highest BCUT2D eigenvalue weighted by atomic mass is 16.5. The fraction of sp³-hybridized carbons (Fsp3) is 0.222. The number of carbonyl (C=O) groups is 1. The fourth-order valence-corrected chi connectivity index (χ4v) is 3.05. The number of hydrogen-bond donors (Lipinski definition) is 2. The van der Waals surface area contributed by atoms with E-state index in [-0.39, 0.29) is 11.8 Å². The number of ether oxygens (including phenoxy) is 1. The number of carbonyl (C=O) groups excluding carboxylic acids is 1. The van der Waals surface area contributed by atoms with Crippen LogP contribution in [0.15, 0.2) is 42.9 Å². The van der Waals surface area contributed by atoms with Crippen LogP contribution in [0.5, 0.6) is 5.75 Å². The van der Waals surface area contributed by atoms with Crippen molar-refractivity contribution < 1.29 is 9.53 Å². The van der Waals surface area contributed by atoms with Crippen LogP contribution in [-0.2, 0) is 6.42 Å². The normalized spacial score (nSPS) is 16.7. The molecular formula is C18H17N5O2. The van der Waals surface area contributed by atoms with E-state index in [1.165, 1.54) is 6.33 Å². The fourth-order valence-electron chi connectivity index (χ4n) is 3.05. The molecule has 2 aromatic heterocycles. The molecule has 25 heavy (non-hydrogen) atoms. The maximum absolute atomic E-state index is 12.4. The SMILES string of the molecule is COc1cccc(C2CNC(=O)c3nc(-c4ccncn4)[nH]c3C2)c1. The van der Waals surface area contributed by atoms with E-state index in [1.807, 2.05) is 24.3 Å². The molecular weight excluding hydrogens is 318 g/mol. The number of nitrogens with one attached hydrogen (secondary N) is 2. The van der Waals surface area contributed by atoms with Crippen LogP contribution >= 0.6 is 0 Å². The van der Waals surface area contributed by atoms with Gasteiger partial charge in [0.05, 0.1) is 7.11 Å². The van der Waals surface area contributed by atoms with Gasteiger partial charge >= 0.3 is 0 Å². The van der Waals surface area contributed by atoms with Crippen LogP contribution in [0.3, 0.4) is 0 Å². The Labute approximate surface area is 144 Å². The van der Waals surface area contributed by atoms with Crippen LogP contribution in [0.2, 0.25) is 0 Å². The van der Waals surface area contributed by atoms with Crippen LogP contribution < -0.4 is 10.1 Å². The largest absolute Gasteiger partial charge is 0.497 e. The molecule has 1 aliphatic rings. The van der Waals surface area contributed by atoms with Gasteiger partial charge in [-0.25, -0.2) is 15.0 Å². The third kappa shape index (κ3) is 2.96. The second kappa shape index (κ2) is 6.35. The van der Waals surface area contributed by atoms with Crippen molar-refractivity contribution in [2.24, 2.45) is 0 Å². The number of H-pyrrole nitrogens is 1. The maximum atomic E-state index is 12.4. The average molecular weight is 335 g/mol. The predicted octanol–water partition coefficient (Wildman–Crippen LogP) is 1.94. The molecule has 126 valence electrons. The van der Waals surface area contributed by atoms with E-state index in [4.69, 9.17) is 4.74 Å². The molecule has 4 rings (SSSR count). The summed E-state index contributed by atoms with van der Waals surface area (Å²) in [6.45, 7) is 0.555. The van der Waals surface area contributed by atoms with Gasteiger partial charge in [0.2, 0.25) is 0 Å². The van der Waals surface area contributed by atoms with Crippen molar-refractivity contribution in [2.75, 3.05) is 13.7 Å². The lowest BCUT2D eigenvalue weighted by Crippen LogP contribution is -2.26. The summed E-state index contributed by atoms with van der Waals surface area (Å²) >= 11 is 0. The topological polar surface area (TPSA) is 92.8 Å². The summed E-state index contributed by atoms with van der Waals surface area (Å²) in [4.78, 5) is 28.2. The first-order valence-corrected chi connectivity index (χ1v) is 8.02. The zero-order chi connectivity index (χ0) is 17.2. The van der Waals surface area contributed by atoms with E-state index in [9.17, 15) is 4.79 Å². The van der Waals surface area contributed by atoms with E-state index in [1.54, 1.807) is 19.4 Å². The number of aromatic amines is 1. The van der Waals surface area contributed by atoms with Gasteiger partial charge in [-0.3, -0.25) is 4.79 Å². The van der Waals surface area contributed by atoms with Crippen LogP contribution in [0.25, 0.3) is 11.5 Å². The third-order valence-corrected chi connectivity index (χ3v) is 4.34. The molecule has 0 radical (unpaired) electrons. The standard InChI is InChI=1S/C18H17N5O2/c1-25-13-4-2-3-11(7-13)12-8-15-16(18(24)20-9-12)23-17(22-15)14-5-6-19-10-21-14/h2-7,10,12H,8-9H2,1H3,(H,20,24)(H,22,23). The van der Waals surface area contributed by atoms with Crippen molar-refractivity contribution in [1.82, 2.24) is 25.3 Å². The number of methoxy groups -OCH3 is 1. The molecule has 7 nitrogen and oxygen atoms in total. The molecule has 1 unspecified atom stereocenters. The highest BCUT2D eigenvalue weighted by Crippen LogP contribution is 2.28. The first-order chi connectivity index (χ1) is 12.2. The molecule has 0 aliphatic carbocycles. The van der Waals surface area contributed by atoms with Gasteiger partial charge in [0.1, 0.15) is 23.5 Å². The first-order valence-electron chi connectivity index (χ1n) is 8.02. The Balaban J connectivity index is 1.69. The molecule has 2 N–H and O–H groups in total. The minimum absolute atomic E-state index is 0.138. The predicted molar refractivity (Wildman–Crippen MR) is 91.4 cm³/mol. The van der Waals surface area contributed by atoms with Crippen LogP contribution in [0.1, 0.15) is 27.7 Å². The highest BCUT2D eigenvalue weighted by molar-refractivity contribution is 5.94. The molecule has 1 aromatic carbocycles. The van der Waals surface area contributed by atoms with Crippen LogP contribution in [-0.4, -0.2) is 39.5 Å². The van der Waals surface area contributed by atoms with Crippen molar-refractivity contribution in [3.63, 3.8) is 0 Å². The van der Waals surface area contributed by atoms with E-state index in [0.29, 0.717) is 30.2 Å². The Morgan fingerprint density at radius 2 is 2.20 bits per heavy atom. The molecule has 0 spiro atoms. The van der Waals surface area contributed by atoms with Gasteiger partial charge in [0.15, 0.2) is 5.82 Å². The van der Waals surface area contributed by atoms with E-state index in [2.05, 4.69) is 25.3 Å². The number of benzene rings is 1. The highest BCUT2D eigenvalue weighted by Gasteiger charge is 2.26. The molecule has 0 fully saturated rings. The van der Waals surface area contributed by atoms with Crippen LogP contribution in [0.4, 0.5) is 0 Å². The lowest BCUT2D eigenvalue weighted by molar-refractivity contribution is 0.0950. The Hall–Kier alpha value is -3.22. The molecule has 3 heterocycles. The number of amides is 1. The molecule has 3 aromatic rings. The lowest BCUT2D eigenvalue weighted by atomic mass is 9.94. The number of fused-ring (bicyclic) bond motifs is 1. The molecule has 1 atom stereocenters. The van der Waals surface area contributed by atoms with Crippen LogP contribution in [0, 0.1) is 0 Å². The molecule has 0 saturated heterocycles. The third-order valence-electron chi connectivity index (χ3n) is 4.34. The monoisotopic (exact) mass is 335 g/mol. The number of rotatable bonds is 3. The maximum Gasteiger partial charge on any atom is 0.271 e. The minimum atomic E-state index is -0.169. The Kier molecular flexibility index (Phi) is 3.89. The number of aromatic nitrogens is 4. The molecule has 0 saturated carbocycles. The van der Waals surface area contributed by atoms with Gasteiger partial charge in [-0.15, -0.1) is 0 Å². The number of imidazole rings is 1. The minimum Gasteiger partial charge on any atom is -0.497 e. The summed E-state index contributed by atoms with van der Waals surface area (Å²) in [6, 6.07) is 9.68. The number of hydrogen-bond acceptors (Lipinski definition) is 5. The summed E-state index contributed by atoms with van der Waals surface area (Å²) in [5.41, 5.74) is 3.02. The van der Waals surface area contributed by atoms with E-state index < -0.39 is 0 Å². The van der Waals surface area contributed by atoms with Crippen molar-refractivity contribution in [1.29, 1.82) is 0 Å². The van der Waals surface area contributed by atoms with Crippen molar-refractivity contribution in [3.8, 4) is 17.3 Å². The Morgan fingerprint density at radius 3 is 3.00 bits per heavy atom. The number of nitrogens with zero attached hydrogens (tertiary/aromatic N) is 3. The average Bonchev–Trinajstić information content (AvgIpc) is 3.03. The summed E-state index contributed by atoms with van der Waals surface area (Å²) in [6.07, 6.45) is 3.79. The first kappa shape index (κ1) is 15.3.